The number of rotatable bonds is 11. The van der Waals surface area contributed by atoms with Gasteiger partial charge in [0, 0.05) is 38.8 Å². The lowest BCUT2D eigenvalue weighted by Crippen LogP contribution is -2.54. The molecule has 1 aliphatic heterocycles. The highest BCUT2D eigenvalue weighted by atomic mass is 32.1. The number of hydrazine groups is 1. The number of aliphatic hydroxyl groups excluding tert-OH is 1. The first-order valence-corrected chi connectivity index (χ1v) is 14.0. The van der Waals surface area contributed by atoms with Crippen LogP contribution in [0.4, 0.5) is 5.69 Å². The van der Waals surface area contributed by atoms with Gasteiger partial charge in [0.25, 0.3) is 0 Å². The van der Waals surface area contributed by atoms with Crippen molar-refractivity contribution in [2.45, 2.75) is 19.6 Å². The van der Waals surface area contributed by atoms with Crippen LogP contribution in [0.2, 0.25) is 0 Å². The molecule has 3 aromatic carbocycles. The van der Waals surface area contributed by atoms with Gasteiger partial charge in [0.2, 0.25) is 0 Å². The topological polar surface area (TPSA) is 61.3 Å². The minimum Gasteiger partial charge on any atom is -0.491 e. The minimum absolute atomic E-state index is 0.250. The van der Waals surface area contributed by atoms with E-state index in [4.69, 9.17) is 21.7 Å². The van der Waals surface area contributed by atoms with Crippen molar-refractivity contribution < 1.29 is 14.6 Å². The number of β-amino-alcohol motifs (C(OH)–C–C–N with tert-alkyl or cyclic N) is 1. The summed E-state index contributed by atoms with van der Waals surface area (Å²) >= 11 is 7.02. The highest BCUT2D eigenvalue weighted by Crippen LogP contribution is 2.26. The van der Waals surface area contributed by atoms with E-state index >= 15 is 0 Å². The second-order valence-electron chi connectivity index (χ2n) is 9.30. The number of fused-ring (bicyclic) bond motifs is 1. The average molecular weight is 549 g/mol. The molecule has 0 bridgehead atoms. The quantitative estimate of drug-likeness (QED) is 0.265. The number of piperazine rings is 1. The molecule has 0 amide bonds. The summed E-state index contributed by atoms with van der Waals surface area (Å²) in [5.41, 5.74) is 4.76. The molecule has 0 spiro atoms. The van der Waals surface area contributed by atoms with Crippen molar-refractivity contribution in [1.29, 1.82) is 0 Å². The number of ether oxygens (including phenoxy) is 2. The predicted molar refractivity (Wildman–Crippen MR) is 157 cm³/mol. The fourth-order valence-electron chi connectivity index (χ4n) is 4.52. The van der Waals surface area contributed by atoms with Crippen LogP contribution in [0.1, 0.15) is 10.6 Å². The van der Waals surface area contributed by atoms with Gasteiger partial charge in [0.05, 0.1) is 26.4 Å². The summed E-state index contributed by atoms with van der Waals surface area (Å²) < 4.78 is 12.9. The molecule has 1 atom stereocenters. The first-order chi connectivity index (χ1) is 18.6. The van der Waals surface area contributed by atoms with Crippen LogP contribution in [0, 0.1) is 6.92 Å². The third-order valence-electron chi connectivity index (χ3n) is 6.48. The summed E-state index contributed by atoms with van der Waals surface area (Å²) in [5, 5.41) is 15.9. The summed E-state index contributed by atoms with van der Waals surface area (Å²) in [7, 11) is 0. The van der Waals surface area contributed by atoms with E-state index in [9.17, 15) is 5.11 Å². The Hall–Kier alpha value is -3.08. The minimum atomic E-state index is -0.570. The Labute approximate surface area is 232 Å². The molecule has 2 heterocycles. The molecule has 5 rings (SSSR count). The second kappa shape index (κ2) is 12.6. The van der Waals surface area contributed by atoms with Gasteiger partial charge in [0.15, 0.2) is 0 Å². The number of thiazole rings is 1. The van der Waals surface area contributed by atoms with Gasteiger partial charge >= 0.3 is 0 Å². The fraction of sp³-hybridized carbons (Fsp3) is 0.310. The van der Waals surface area contributed by atoms with Gasteiger partial charge in [0.1, 0.15) is 30.8 Å². The van der Waals surface area contributed by atoms with E-state index in [2.05, 4.69) is 27.0 Å². The smallest absolute Gasteiger partial charge is 0.121 e. The van der Waals surface area contributed by atoms with Crippen molar-refractivity contribution >= 4 is 45.0 Å². The lowest BCUT2D eigenvalue weighted by molar-refractivity contribution is 0.0470. The Balaban J connectivity index is 1.07. The number of aliphatic hydroxyl groups is 1. The van der Waals surface area contributed by atoms with E-state index in [1.165, 1.54) is 0 Å². The number of thiocarbonyl (C=S) groups is 1. The molecule has 9 heteroatoms. The van der Waals surface area contributed by atoms with Gasteiger partial charge in [-0.3, -0.25) is 9.91 Å². The number of benzene rings is 3. The number of hydrogen-bond acceptors (Lipinski definition) is 8. The van der Waals surface area contributed by atoms with Crippen molar-refractivity contribution in [3.8, 4) is 11.5 Å². The molecular weight excluding hydrogens is 516 g/mol. The molecule has 0 saturated carbocycles. The maximum absolute atomic E-state index is 10.6. The van der Waals surface area contributed by atoms with Crippen molar-refractivity contribution in [1.82, 2.24) is 14.9 Å². The zero-order valence-corrected chi connectivity index (χ0v) is 23.0. The van der Waals surface area contributed by atoms with Gasteiger partial charge in [-0.25, -0.2) is 9.99 Å². The summed E-state index contributed by atoms with van der Waals surface area (Å²) in [5.74, 6) is 1.56. The molecule has 1 N–H and O–H groups in total. The lowest BCUT2D eigenvalue weighted by atomic mass is 10.2. The van der Waals surface area contributed by atoms with Gasteiger partial charge in [-0.15, -0.1) is 11.3 Å². The summed E-state index contributed by atoms with van der Waals surface area (Å²) in [6, 6.07) is 24.0. The van der Waals surface area contributed by atoms with Gasteiger partial charge < -0.3 is 14.6 Å². The van der Waals surface area contributed by atoms with Gasteiger partial charge in [-0.1, -0.05) is 42.5 Å². The molecule has 7 nitrogen and oxygen atoms in total. The number of nitrogens with zero attached hydrogens (tertiary/aromatic N) is 4. The van der Waals surface area contributed by atoms with E-state index in [0.29, 0.717) is 13.2 Å². The van der Waals surface area contributed by atoms with Crippen LogP contribution in [0.3, 0.4) is 0 Å². The monoisotopic (exact) mass is 548 g/mol. The standard InChI is InChI=1S/C29H32N4O3S2/c1-22-30-28-17-27(11-12-29(28)38-22)36-20-25(34)18-31-13-15-32(16-14-31)33(21-37)24-7-9-26(10-8-24)35-19-23-5-3-2-4-6-23/h2-12,17,21,25,34H,13-16,18-20H2,1H3/t25-/m1/s1. The van der Waals surface area contributed by atoms with Crippen molar-refractivity contribution in [2.75, 3.05) is 44.3 Å². The van der Waals surface area contributed by atoms with Gasteiger partial charge in [-0.2, -0.15) is 0 Å². The van der Waals surface area contributed by atoms with Crippen LogP contribution in [-0.4, -0.2) is 70.9 Å². The highest BCUT2D eigenvalue weighted by Gasteiger charge is 2.23. The molecule has 198 valence electrons. The third-order valence-corrected chi connectivity index (χ3v) is 7.63. The zero-order valence-electron chi connectivity index (χ0n) is 21.4. The Morgan fingerprint density at radius 3 is 2.47 bits per heavy atom. The van der Waals surface area contributed by atoms with Crippen LogP contribution < -0.4 is 14.5 Å². The number of aryl methyl sites for hydroxylation is 1. The normalized spacial score (nSPS) is 15.3. The fourth-order valence-corrected chi connectivity index (χ4v) is 5.58. The van der Waals surface area contributed by atoms with E-state index in [1.807, 2.05) is 72.6 Å². The number of hydrogen-bond donors (Lipinski definition) is 1. The third kappa shape index (κ3) is 6.86. The van der Waals surface area contributed by atoms with Crippen LogP contribution in [0.5, 0.6) is 11.5 Å². The van der Waals surface area contributed by atoms with E-state index < -0.39 is 6.10 Å². The van der Waals surface area contributed by atoms with Crippen LogP contribution >= 0.6 is 23.6 Å². The maximum atomic E-state index is 10.6. The second-order valence-corrected chi connectivity index (χ2v) is 10.7. The van der Waals surface area contributed by atoms with E-state index in [1.54, 1.807) is 16.8 Å². The predicted octanol–water partition coefficient (Wildman–Crippen LogP) is 4.92. The lowest BCUT2D eigenvalue weighted by Gasteiger charge is -2.40. The summed E-state index contributed by atoms with van der Waals surface area (Å²) in [6.07, 6.45) is -0.570. The van der Waals surface area contributed by atoms with E-state index in [0.717, 1.165) is 64.2 Å². The van der Waals surface area contributed by atoms with Crippen LogP contribution in [-0.2, 0) is 6.61 Å². The first-order valence-electron chi connectivity index (χ1n) is 12.7. The Morgan fingerprint density at radius 1 is 1.00 bits per heavy atom. The van der Waals surface area contributed by atoms with Crippen LogP contribution in [0.15, 0.2) is 72.8 Å². The molecule has 38 heavy (non-hydrogen) atoms. The van der Waals surface area contributed by atoms with Crippen molar-refractivity contribution in [3.63, 3.8) is 0 Å². The molecule has 0 radical (unpaired) electrons. The van der Waals surface area contributed by atoms with Crippen molar-refractivity contribution in [2.24, 2.45) is 0 Å². The largest absolute Gasteiger partial charge is 0.491 e. The molecule has 1 aliphatic rings. The SMILES string of the molecule is Cc1nc2cc(OC[C@H](O)CN3CCN(N(C=S)c4ccc(OCc5ccccc5)cc4)CC3)ccc2s1. The number of anilines is 1. The molecule has 1 aromatic heterocycles. The Morgan fingerprint density at radius 2 is 1.74 bits per heavy atom. The molecule has 0 unspecified atom stereocenters. The van der Waals surface area contributed by atoms with Gasteiger partial charge in [-0.05, 0) is 48.9 Å². The Kier molecular flexibility index (Phi) is 8.83. The summed E-state index contributed by atoms with van der Waals surface area (Å²) in [6.45, 7) is 6.64. The summed E-state index contributed by atoms with van der Waals surface area (Å²) in [4.78, 5) is 6.77. The molecule has 4 aromatic rings. The Bertz CT molecular complexity index is 1320. The molecule has 0 aliphatic carbocycles. The average Bonchev–Trinajstić information content (AvgIpc) is 3.32. The number of aromatic nitrogens is 1. The first kappa shape index (κ1) is 26.5. The molecule has 1 saturated heterocycles. The highest BCUT2D eigenvalue weighted by molar-refractivity contribution is 7.79. The van der Waals surface area contributed by atoms with Crippen molar-refractivity contribution in [3.05, 3.63) is 83.4 Å². The molecule has 1 fully saturated rings. The zero-order chi connectivity index (χ0) is 26.3. The molecular formula is C29H32N4O3S2. The van der Waals surface area contributed by atoms with Crippen LogP contribution in [0.25, 0.3) is 10.2 Å². The van der Waals surface area contributed by atoms with E-state index in [-0.39, 0.29) is 6.61 Å². The maximum Gasteiger partial charge on any atom is 0.121 e.